The van der Waals surface area contributed by atoms with Crippen LogP contribution in [0.3, 0.4) is 0 Å². The Kier molecular flexibility index (Phi) is 8.19. The number of hydrogen-bond donors (Lipinski definition) is 1. The molecule has 0 aromatic heterocycles. The van der Waals surface area contributed by atoms with Crippen LogP contribution in [-0.2, 0) is 18.7 Å². The predicted octanol–water partition coefficient (Wildman–Crippen LogP) is 5.13. The zero-order valence-corrected chi connectivity index (χ0v) is 22.6. The summed E-state index contributed by atoms with van der Waals surface area (Å²) in [6.07, 6.45) is 1.90. The van der Waals surface area contributed by atoms with E-state index < -0.39 is 27.6 Å². The van der Waals surface area contributed by atoms with Crippen molar-refractivity contribution in [3.8, 4) is 0 Å². The number of aliphatic hydroxyl groups excluding tert-OH is 1. The van der Waals surface area contributed by atoms with Gasteiger partial charge in [-0.1, -0.05) is 40.4 Å². The van der Waals surface area contributed by atoms with Crippen molar-refractivity contribution in [2.24, 2.45) is 0 Å². The van der Waals surface area contributed by atoms with Gasteiger partial charge in [0, 0.05) is 20.6 Å². The van der Waals surface area contributed by atoms with Crippen molar-refractivity contribution >= 4 is 22.4 Å². The van der Waals surface area contributed by atoms with Crippen LogP contribution < -0.4 is 0 Å². The monoisotopic (exact) mass is 444 g/mol. The molecule has 0 aliphatic carbocycles. The molecule has 1 aliphatic rings. The maximum Gasteiger partial charge on any atom is 0.330 e. The highest BCUT2D eigenvalue weighted by atomic mass is 28.4. The van der Waals surface area contributed by atoms with E-state index in [1.165, 1.54) is 0 Å². The molecule has 1 fully saturated rings. The lowest BCUT2D eigenvalue weighted by Crippen LogP contribution is -2.47. The molecule has 5 nitrogen and oxygen atoms in total. The van der Waals surface area contributed by atoms with Gasteiger partial charge in [-0.3, -0.25) is 0 Å². The molecule has 0 saturated carbocycles. The van der Waals surface area contributed by atoms with Crippen LogP contribution in [0.15, 0.2) is 11.6 Å². The van der Waals surface area contributed by atoms with Crippen molar-refractivity contribution in [1.29, 1.82) is 0 Å². The van der Waals surface area contributed by atoms with Gasteiger partial charge in [0.05, 0.1) is 24.9 Å². The molecule has 0 radical (unpaired) electrons. The second-order valence-electron chi connectivity index (χ2n) is 11.5. The van der Waals surface area contributed by atoms with Gasteiger partial charge < -0.3 is 19.0 Å². The van der Waals surface area contributed by atoms with E-state index in [9.17, 15) is 9.90 Å². The zero-order chi connectivity index (χ0) is 22.9. The van der Waals surface area contributed by atoms with Gasteiger partial charge in [0.1, 0.15) is 5.60 Å². The number of esters is 1. The average molecular weight is 445 g/mol. The molecule has 7 heteroatoms. The second kappa shape index (κ2) is 8.95. The quantitative estimate of drug-likeness (QED) is 0.219. The Bertz CT molecular complexity index is 610. The number of hydrogen-bond acceptors (Lipinski definition) is 5. The molecular weight excluding hydrogens is 400 g/mol. The smallest absolute Gasteiger partial charge is 0.330 e. The molecular formula is C22H44O5Si2. The van der Waals surface area contributed by atoms with Gasteiger partial charge in [0.15, 0.2) is 8.32 Å². The minimum Gasteiger partial charge on any atom is -0.463 e. The topological polar surface area (TPSA) is 68.3 Å². The highest BCUT2D eigenvalue weighted by Gasteiger charge is 2.64. The summed E-state index contributed by atoms with van der Waals surface area (Å²) in [6.45, 7) is 24.0. The molecule has 170 valence electrons. The number of epoxide rings is 1. The molecule has 1 rings (SSSR count). The van der Waals surface area contributed by atoms with E-state index in [2.05, 4.69) is 53.5 Å². The van der Waals surface area contributed by atoms with Crippen LogP contribution in [0, 0.1) is 0 Å². The lowest BCUT2D eigenvalue weighted by Gasteiger charge is -2.41. The first-order chi connectivity index (χ1) is 12.9. The Labute approximate surface area is 180 Å². The molecule has 0 bridgehead atoms. The van der Waals surface area contributed by atoms with Gasteiger partial charge in [-0.05, 0) is 50.5 Å². The fraction of sp³-hybridized carbons (Fsp3) is 0.864. The van der Waals surface area contributed by atoms with Crippen molar-refractivity contribution in [1.82, 2.24) is 0 Å². The summed E-state index contributed by atoms with van der Waals surface area (Å²) in [5.74, 6) is -0.321. The summed E-state index contributed by atoms with van der Waals surface area (Å²) in [5.41, 5.74) is -0.0512. The van der Waals surface area contributed by atoms with Crippen LogP contribution in [0.5, 0.6) is 0 Å². The maximum absolute atomic E-state index is 12.4. The van der Waals surface area contributed by atoms with Crippen molar-refractivity contribution in [2.75, 3.05) is 13.2 Å². The third-order valence-corrected chi connectivity index (χ3v) is 12.2. The first-order valence-electron chi connectivity index (χ1n) is 10.8. The summed E-state index contributed by atoms with van der Waals surface area (Å²) in [7, 11) is -3.66. The molecule has 0 amide bonds. The third-order valence-electron chi connectivity index (χ3n) is 6.26. The predicted molar refractivity (Wildman–Crippen MR) is 125 cm³/mol. The van der Waals surface area contributed by atoms with E-state index in [1.54, 1.807) is 6.08 Å². The fourth-order valence-corrected chi connectivity index (χ4v) is 6.18. The van der Waals surface area contributed by atoms with E-state index >= 15 is 0 Å². The lowest BCUT2D eigenvalue weighted by molar-refractivity contribution is -0.137. The Hall–Kier alpha value is -0.476. The van der Waals surface area contributed by atoms with Gasteiger partial charge in [-0.15, -0.1) is 0 Å². The number of rotatable bonds is 10. The van der Waals surface area contributed by atoms with Gasteiger partial charge in [-0.25, -0.2) is 4.79 Å². The summed E-state index contributed by atoms with van der Waals surface area (Å²) < 4.78 is 18.0. The van der Waals surface area contributed by atoms with Gasteiger partial charge >= 0.3 is 5.97 Å². The van der Waals surface area contributed by atoms with Crippen LogP contribution in [0.25, 0.3) is 0 Å². The van der Waals surface area contributed by atoms with E-state index in [0.717, 1.165) is 11.6 Å². The van der Waals surface area contributed by atoms with E-state index in [1.807, 2.05) is 20.8 Å². The molecule has 0 spiro atoms. The Morgan fingerprint density at radius 3 is 2.03 bits per heavy atom. The molecule has 1 saturated heterocycles. The van der Waals surface area contributed by atoms with Crippen LogP contribution >= 0.6 is 0 Å². The van der Waals surface area contributed by atoms with Crippen LogP contribution in [0.4, 0.5) is 0 Å². The van der Waals surface area contributed by atoms with Crippen molar-refractivity contribution in [3.63, 3.8) is 0 Å². The average Bonchev–Trinajstić information content (AvgIpc) is 3.04. The molecule has 1 aliphatic heterocycles. The molecule has 29 heavy (non-hydrogen) atoms. The van der Waals surface area contributed by atoms with Gasteiger partial charge in [0.25, 0.3) is 0 Å². The first-order valence-corrected chi connectivity index (χ1v) is 17.4. The minimum absolute atomic E-state index is 0.0335. The summed E-state index contributed by atoms with van der Waals surface area (Å²) in [4.78, 5) is 12.4. The largest absolute Gasteiger partial charge is 0.463 e. The molecule has 1 N–H and O–H groups in total. The number of aliphatic hydroxyl groups is 1. The number of ether oxygens (including phenoxy) is 2. The summed E-state index contributed by atoms with van der Waals surface area (Å²) in [6, 6.07) is 0.840. The minimum atomic E-state index is -2.12. The summed E-state index contributed by atoms with van der Waals surface area (Å²) in [5, 5.41) is 10.1. The van der Waals surface area contributed by atoms with E-state index in [-0.39, 0.29) is 23.7 Å². The standard InChI is InChI=1S/C22H44O5Si2/c1-12-25-19(24)13-17(15-28(7,8)9)18(26-29(10,11)20(2,3)4)14-22(16-23)21(5,6)27-22/h13,18,23H,12,14-16H2,1-11H3/b17-13-/t18-,22+/m0/s1. The van der Waals surface area contributed by atoms with Crippen molar-refractivity contribution in [2.45, 2.75) is 109 Å². The Morgan fingerprint density at radius 2 is 1.69 bits per heavy atom. The molecule has 0 aromatic rings. The molecule has 0 unspecified atom stereocenters. The Balaban J connectivity index is 3.38. The van der Waals surface area contributed by atoms with Gasteiger partial charge in [0.2, 0.25) is 0 Å². The molecule has 2 atom stereocenters. The second-order valence-corrected chi connectivity index (χ2v) is 21.8. The van der Waals surface area contributed by atoms with E-state index in [4.69, 9.17) is 13.9 Å². The van der Waals surface area contributed by atoms with Crippen LogP contribution in [0.1, 0.15) is 48.0 Å². The lowest BCUT2D eigenvalue weighted by atomic mass is 9.89. The highest BCUT2D eigenvalue weighted by molar-refractivity contribution is 6.76. The summed E-state index contributed by atoms with van der Waals surface area (Å²) >= 11 is 0. The Morgan fingerprint density at radius 1 is 1.17 bits per heavy atom. The maximum atomic E-state index is 12.4. The van der Waals surface area contributed by atoms with Crippen LogP contribution in [-0.4, -0.2) is 58.0 Å². The fourth-order valence-electron chi connectivity index (χ4n) is 3.32. The van der Waals surface area contributed by atoms with Gasteiger partial charge in [-0.2, -0.15) is 0 Å². The zero-order valence-electron chi connectivity index (χ0n) is 20.6. The molecule has 1 heterocycles. The number of carbonyl (C=O) groups is 1. The SMILES string of the molecule is CCOC(=O)/C=C(/C[Si](C)(C)C)[C@H](C[C@]1(CO)OC1(C)C)O[Si](C)(C)C(C)(C)C. The first kappa shape index (κ1) is 26.6. The molecule has 0 aromatic carbocycles. The number of carbonyl (C=O) groups excluding carboxylic acids is 1. The van der Waals surface area contributed by atoms with Crippen LogP contribution in [0.2, 0.25) is 43.8 Å². The van der Waals surface area contributed by atoms with Crippen molar-refractivity contribution < 1.29 is 23.8 Å². The normalized spacial score (nSPS) is 23.7. The van der Waals surface area contributed by atoms with E-state index in [0.29, 0.717) is 13.0 Å². The third kappa shape index (κ3) is 7.02. The van der Waals surface area contributed by atoms with Crippen molar-refractivity contribution in [3.05, 3.63) is 11.6 Å². The highest BCUT2D eigenvalue weighted by Crippen LogP contribution is 2.52.